The molecule has 4 rings (SSSR count). The minimum absolute atomic E-state index is 0.0887. The van der Waals surface area contributed by atoms with Crippen molar-refractivity contribution in [3.05, 3.63) is 59.2 Å². The lowest BCUT2D eigenvalue weighted by Gasteiger charge is -2.39. The number of halogens is 3. The Morgan fingerprint density at radius 2 is 1.95 bits per heavy atom. The second kappa shape index (κ2) is 10.0. The quantitative estimate of drug-likeness (QED) is 0.518. The fraction of sp³-hybridized carbons (Fsp3) is 0.423. The van der Waals surface area contributed by atoms with Gasteiger partial charge in [0.05, 0.1) is 30.2 Å². The molecule has 200 valence electrons. The van der Waals surface area contributed by atoms with Gasteiger partial charge < -0.3 is 15.2 Å². The number of amides is 1. The van der Waals surface area contributed by atoms with Crippen molar-refractivity contribution in [1.82, 2.24) is 0 Å². The summed E-state index contributed by atoms with van der Waals surface area (Å²) in [6.07, 6.45) is -1.53. The van der Waals surface area contributed by atoms with Crippen molar-refractivity contribution in [3.8, 4) is 5.75 Å². The van der Waals surface area contributed by atoms with Crippen LogP contribution in [-0.4, -0.2) is 43.9 Å². The van der Waals surface area contributed by atoms with Crippen molar-refractivity contribution in [3.63, 3.8) is 0 Å². The average Bonchev–Trinajstić information content (AvgIpc) is 2.84. The second-order valence-electron chi connectivity index (χ2n) is 9.20. The SMILES string of the molecule is CCC1(CC)C/C(=C\C(=O)Nc2cccc3c2CCS(=O)(=O)N3CCO)c2ccc(C(F)(F)F)cc2O1. The fourth-order valence-electron chi connectivity index (χ4n) is 4.89. The van der Waals surface area contributed by atoms with Crippen molar-refractivity contribution < 1.29 is 36.2 Å². The van der Waals surface area contributed by atoms with E-state index < -0.39 is 33.3 Å². The van der Waals surface area contributed by atoms with Gasteiger partial charge >= 0.3 is 6.18 Å². The van der Waals surface area contributed by atoms with Crippen molar-refractivity contribution in [2.75, 3.05) is 28.5 Å². The summed E-state index contributed by atoms with van der Waals surface area (Å²) in [5.74, 6) is -0.555. The number of fused-ring (bicyclic) bond motifs is 2. The number of carbonyl (C=O) groups excluding carboxylic acids is 1. The first kappa shape index (κ1) is 27.0. The third kappa shape index (κ3) is 5.33. The minimum atomic E-state index is -4.53. The molecular weight excluding hydrogens is 509 g/mol. The van der Waals surface area contributed by atoms with Gasteiger partial charge in [-0.2, -0.15) is 13.2 Å². The number of sulfonamides is 1. The van der Waals surface area contributed by atoms with Crippen LogP contribution in [0, 0.1) is 0 Å². The third-order valence-corrected chi connectivity index (χ3v) is 8.79. The fourth-order valence-corrected chi connectivity index (χ4v) is 6.40. The zero-order valence-corrected chi connectivity index (χ0v) is 21.4. The van der Waals surface area contributed by atoms with E-state index in [2.05, 4.69) is 5.32 Å². The van der Waals surface area contributed by atoms with Crippen LogP contribution in [0.25, 0.3) is 5.57 Å². The number of hydrogen-bond acceptors (Lipinski definition) is 5. The Morgan fingerprint density at radius 3 is 2.59 bits per heavy atom. The van der Waals surface area contributed by atoms with Gasteiger partial charge in [0.15, 0.2) is 0 Å². The molecule has 0 unspecified atom stereocenters. The van der Waals surface area contributed by atoms with E-state index in [1.165, 1.54) is 12.1 Å². The molecule has 2 aliphatic heterocycles. The topological polar surface area (TPSA) is 95.9 Å². The molecular formula is C26H29F3N2O5S. The van der Waals surface area contributed by atoms with Gasteiger partial charge in [-0.3, -0.25) is 9.10 Å². The number of nitrogens with zero attached hydrogens (tertiary/aromatic N) is 1. The van der Waals surface area contributed by atoms with Crippen molar-refractivity contribution in [2.24, 2.45) is 0 Å². The molecule has 2 aromatic carbocycles. The van der Waals surface area contributed by atoms with Gasteiger partial charge in [0.2, 0.25) is 15.9 Å². The first-order chi connectivity index (χ1) is 17.4. The molecule has 2 aromatic rings. The number of alkyl halides is 3. The van der Waals surface area contributed by atoms with Gasteiger partial charge in [-0.05, 0) is 49.1 Å². The predicted molar refractivity (Wildman–Crippen MR) is 135 cm³/mol. The Bertz CT molecular complexity index is 1330. The molecule has 0 saturated heterocycles. The van der Waals surface area contributed by atoms with E-state index in [-0.39, 0.29) is 31.1 Å². The van der Waals surface area contributed by atoms with Crippen LogP contribution in [-0.2, 0) is 27.4 Å². The number of anilines is 2. The molecule has 0 atom stereocenters. The van der Waals surface area contributed by atoms with Crippen LogP contribution < -0.4 is 14.4 Å². The van der Waals surface area contributed by atoms with Gasteiger partial charge in [-0.15, -0.1) is 0 Å². The van der Waals surface area contributed by atoms with Crippen molar-refractivity contribution in [2.45, 2.75) is 51.3 Å². The summed E-state index contributed by atoms with van der Waals surface area (Å²) < 4.78 is 72.2. The lowest BCUT2D eigenvalue weighted by molar-refractivity contribution is -0.137. The molecule has 0 radical (unpaired) electrons. The van der Waals surface area contributed by atoms with Crippen LogP contribution in [0.4, 0.5) is 24.5 Å². The Morgan fingerprint density at radius 1 is 1.22 bits per heavy atom. The van der Waals surface area contributed by atoms with E-state index in [0.29, 0.717) is 47.3 Å². The van der Waals surface area contributed by atoms with Crippen LogP contribution in [0.15, 0.2) is 42.5 Å². The first-order valence-electron chi connectivity index (χ1n) is 12.1. The lowest BCUT2D eigenvalue weighted by atomic mass is 9.83. The molecule has 37 heavy (non-hydrogen) atoms. The van der Waals surface area contributed by atoms with E-state index in [9.17, 15) is 31.5 Å². The predicted octanol–water partition coefficient (Wildman–Crippen LogP) is 4.75. The number of carbonyl (C=O) groups is 1. The molecule has 0 aliphatic carbocycles. The molecule has 0 aromatic heterocycles. The number of aliphatic hydroxyl groups is 1. The van der Waals surface area contributed by atoms with Crippen LogP contribution in [0.3, 0.4) is 0 Å². The monoisotopic (exact) mass is 538 g/mol. The maximum atomic E-state index is 13.3. The van der Waals surface area contributed by atoms with Crippen molar-refractivity contribution in [1.29, 1.82) is 0 Å². The third-order valence-electron chi connectivity index (χ3n) is 7.01. The number of nitrogens with one attached hydrogen (secondary N) is 1. The lowest BCUT2D eigenvalue weighted by Crippen LogP contribution is -2.40. The summed E-state index contributed by atoms with van der Waals surface area (Å²) in [7, 11) is -3.58. The average molecular weight is 539 g/mol. The highest BCUT2D eigenvalue weighted by molar-refractivity contribution is 7.92. The highest BCUT2D eigenvalue weighted by Gasteiger charge is 2.38. The van der Waals surface area contributed by atoms with E-state index in [1.54, 1.807) is 18.2 Å². The van der Waals surface area contributed by atoms with Gasteiger partial charge in [0, 0.05) is 29.3 Å². The molecule has 0 bridgehead atoms. The molecule has 2 N–H and O–H groups in total. The molecule has 0 saturated carbocycles. The molecule has 2 aliphatic rings. The van der Waals surface area contributed by atoms with E-state index in [1.807, 2.05) is 13.8 Å². The normalized spacial score (nSPS) is 19.1. The molecule has 7 nitrogen and oxygen atoms in total. The zero-order chi connectivity index (χ0) is 27.0. The Hall–Kier alpha value is -3.05. The molecule has 2 heterocycles. The number of rotatable bonds is 6. The largest absolute Gasteiger partial charge is 0.486 e. The number of benzene rings is 2. The highest BCUT2D eigenvalue weighted by atomic mass is 32.2. The zero-order valence-electron chi connectivity index (χ0n) is 20.6. The molecule has 11 heteroatoms. The maximum absolute atomic E-state index is 13.3. The molecule has 1 amide bonds. The van der Waals surface area contributed by atoms with Gasteiger partial charge in [0.25, 0.3) is 0 Å². The number of aliphatic hydroxyl groups excluding tert-OH is 1. The van der Waals surface area contributed by atoms with Crippen molar-refractivity contribution >= 4 is 32.9 Å². The molecule has 0 spiro atoms. The minimum Gasteiger partial charge on any atom is -0.486 e. The van der Waals surface area contributed by atoms with Gasteiger partial charge in [0.1, 0.15) is 11.4 Å². The summed E-state index contributed by atoms with van der Waals surface area (Å²) in [6, 6.07) is 8.19. The van der Waals surface area contributed by atoms with E-state index in [4.69, 9.17) is 4.74 Å². The first-order valence-corrected chi connectivity index (χ1v) is 13.7. The van der Waals surface area contributed by atoms with Crippen LogP contribution in [0.2, 0.25) is 0 Å². The molecule has 0 fully saturated rings. The summed E-state index contributed by atoms with van der Waals surface area (Å²) in [5.41, 5.74) is 0.898. The van der Waals surface area contributed by atoms with Crippen LogP contribution in [0.5, 0.6) is 5.75 Å². The highest BCUT2D eigenvalue weighted by Crippen LogP contribution is 2.45. The summed E-state index contributed by atoms with van der Waals surface area (Å²) in [6.45, 7) is 3.34. The summed E-state index contributed by atoms with van der Waals surface area (Å²) >= 11 is 0. The number of β-amino-alcohol motifs (C(OH)–C–C–N with tert-alkyl or cyclic N) is 1. The number of hydrogen-bond donors (Lipinski definition) is 2. The second-order valence-corrected chi connectivity index (χ2v) is 11.2. The Labute approximate surface area is 214 Å². The van der Waals surface area contributed by atoms with Gasteiger partial charge in [-0.1, -0.05) is 26.0 Å². The maximum Gasteiger partial charge on any atom is 0.416 e. The van der Waals surface area contributed by atoms with Gasteiger partial charge in [-0.25, -0.2) is 8.42 Å². The summed E-state index contributed by atoms with van der Waals surface area (Å²) in [4.78, 5) is 13.1. The number of ether oxygens (including phenoxy) is 1. The van der Waals surface area contributed by atoms with Crippen LogP contribution in [0.1, 0.15) is 49.8 Å². The summed E-state index contributed by atoms with van der Waals surface area (Å²) in [5, 5.41) is 12.2. The Kier molecular flexibility index (Phi) is 7.31. The standard InChI is InChI=1S/C26H29F3N2O5S/c1-3-25(4-2)16-17(19-9-8-18(26(27,28)29)15-23(19)36-25)14-24(33)30-21-6-5-7-22-20(21)10-13-37(34,35)31(22)11-12-32/h5-9,14-15,32H,3-4,10-13,16H2,1-2H3,(H,30,33)/b17-14+. The van der Waals surface area contributed by atoms with E-state index in [0.717, 1.165) is 16.4 Å². The van der Waals surface area contributed by atoms with Crippen LogP contribution >= 0.6 is 0 Å². The Balaban J connectivity index is 1.69. The van der Waals surface area contributed by atoms with E-state index >= 15 is 0 Å². The smallest absolute Gasteiger partial charge is 0.416 e.